The Morgan fingerprint density at radius 2 is 1.70 bits per heavy atom. The fraction of sp³-hybridized carbons (Fsp3) is 0.103. The second-order valence-electron chi connectivity index (χ2n) is 9.26. The molecule has 202 valence electrons. The Balaban J connectivity index is 1.41. The number of benzene rings is 3. The summed E-state index contributed by atoms with van der Waals surface area (Å²) in [4.78, 5) is 28.4. The highest BCUT2D eigenvalue weighted by atomic mass is 32.1. The van der Waals surface area contributed by atoms with Gasteiger partial charge in [-0.15, -0.1) is 0 Å². The van der Waals surface area contributed by atoms with Crippen molar-refractivity contribution in [1.29, 1.82) is 0 Å². The number of nitrogens with zero attached hydrogens (tertiary/aromatic N) is 1. The molecular formula is C29H25N5O5S. The highest BCUT2D eigenvalue weighted by Crippen LogP contribution is 2.49. The standard InChI is InChI=1S/C29H25N5O5S/c30-28(31)32-14-15-1-3-16(4-2-15)33-29(40)34-17-5-8-20(23(11-17)27(37)38)26-21-9-6-18(35)12-24(21)39-25-13-19(36)7-10-22(25)26/h1-13,21,26,36H,14H2,(H,37,38)(H4,30,31,32)(H2,33,34,40). The molecule has 2 aliphatic rings. The van der Waals surface area contributed by atoms with Crippen molar-refractivity contribution >= 4 is 46.4 Å². The lowest BCUT2D eigenvalue weighted by Crippen LogP contribution is -2.27. The first-order chi connectivity index (χ1) is 19.2. The lowest BCUT2D eigenvalue weighted by Gasteiger charge is -2.35. The smallest absolute Gasteiger partial charge is 0.336 e. The van der Waals surface area contributed by atoms with Crippen molar-refractivity contribution in [2.75, 3.05) is 10.6 Å². The van der Waals surface area contributed by atoms with Crippen LogP contribution in [0.25, 0.3) is 0 Å². The Morgan fingerprint density at radius 3 is 2.42 bits per heavy atom. The number of aromatic hydroxyl groups is 1. The van der Waals surface area contributed by atoms with E-state index in [1.165, 1.54) is 30.4 Å². The number of hydrogen-bond acceptors (Lipinski definition) is 6. The number of aliphatic imine (C=N–C) groups is 1. The zero-order valence-corrected chi connectivity index (χ0v) is 21.8. The molecule has 0 saturated carbocycles. The van der Waals surface area contributed by atoms with E-state index in [1.807, 2.05) is 24.3 Å². The molecule has 0 spiro atoms. The van der Waals surface area contributed by atoms with E-state index in [-0.39, 0.29) is 28.2 Å². The average molecular weight is 556 g/mol. The number of aromatic carboxylic acids is 1. The van der Waals surface area contributed by atoms with Crippen LogP contribution in [0.3, 0.4) is 0 Å². The molecule has 1 heterocycles. The molecule has 0 fully saturated rings. The maximum absolute atomic E-state index is 12.4. The van der Waals surface area contributed by atoms with Crippen LogP contribution >= 0.6 is 12.2 Å². The van der Waals surface area contributed by atoms with Crippen molar-refractivity contribution in [3.8, 4) is 11.5 Å². The lowest BCUT2D eigenvalue weighted by molar-refractivity contribution is -0.110. The monoisotopic (exact) mass is 555 g/mol. The summed E-state index contributed by atoms with van der Waals surface area (Å²) in [5.74, 6) is -1.45. The first-order valence-corrected chi connectivity index (χ1v) is 12.6. The number of hydrogen-bond donors (Lipinski definition) is 6. The Bertz CT molecular complexity index is 1610. The molecule has 11 heteroatoms. The number of ketones is 1. The SMILES string of the molecule is NC(N)=NCc1ccc(NC(=S)Nc2ccc(C3c4ccc(O)cc4OC4=CC(=O)C=CC43)c(C(=O)O)c2)cc1. The summed E-state index contributed by atoms with van der Waals surface area (Å²) in [5, 5.41) is 26.5. The third kappa shape index (κ3) is 5.64. The molecule has 0 saturated heterocycles. The Hall–Kier alpha value is -5.16. The van der Waals surface area contributed by atoms with Crippen LogP contribution in [0.5, 0.6) is 11.5 Å². The number of guanidine groups is 1. The number of anilines is 2. The highest BCUT2D eigenvalue weighted by molar-refractivity contribution is 7.80. The number of phenolic OH excluding ortho intramolecular Hbond substituents is 1. The number of rotatable bonds is 6. The number of carboxylic acids is 1. The number of nitrogens with two attached hydrogens (primary N) is 2. The minimum Gasteiger partial charge on any atom is -0.508 e. The summed E-state index contributed by atoms with van der Waals surface area (Å²) >= 11 is 5.44. The van der Waals surface area contributed by atoms with Gasteiger partial charge < -0.3 is 37.1 Å². The molecule has 0 bridgehead atoms. The molecule has 3 aromatic carbocycles. The Morgan fingerprint density at radius 1 is 1.00 bits per heavy atom. The molecule has 2 unspecified atom stereocenters. The molecule has 3 aromatic rings. The molecule has 10 nitrogen and oxygen atoms in total. The average Bonchev–Trinajstić information content (AvgIpc) is 2.91. The van der Waals surface area contributed by atoms with Crippen LogP contribution in [0.2, 0.25) is 0 Å². The third-order valence-electron chi connectivity index (χ3n) is 6.53. The maximum atomic E-state index is 12.4. The molecule has 0 amide bonds. The number of carbonyl (C=O) groups is 2. The summed E-state index contributed by atoms with van der Waals surface area (Å²) in [6, 6.07) is 17.0. The van der Waals surface area contributed by atoms with Crippen molar-refractivity contribution in [3.63, 3.8) is 0 Å². The van der Waals surface area contributed by atoms with Crippen LogP contribution in [-0.4, -0.2) is 33.0 Å². The van der Waals surface area contributed by atoms with E-state index in [0.717, 1.165) is 11.3 Å². The predicted molar refractivity (Wildman–Crippen MR) is 155 cm³/mol. The van der Waals surface area contributed by atoms with Gasteiger partial charge in [0.2, 0.25) is 0 Å². The third-order valence-corrected chi connectivity index (χ3v) is 6.74. The topological polar surface area (TPSA) is 172 Å². The van der Waals surface area contributed by atoms with Gasteiger partial charge in [-0.25, -0.2) is 9.79 Å². The van der Waals surface area contributed by atoms with Crippen LogP contribution in [0.4, 0.5) is 11.4 Å². The number of ether oxygens (including phenoxy) is 1. The van der Waals surface area contributed by atoms with E-state index in [9.17, 15) is 19.8 Å². The fourth-order valence-corrected chi connectivity index (χ4v) is 5.00. The van der Waals surface area contributed by atoms with Crippen molar-refractivity contribution in [2.24, 2.45) is 22.4 Å². The number of allylic oxidation sites excluding steroid dienone is 3. The Kier molecular flexibility index (Phi) is 7.21. The van der Waals surface area contributed by atoms with Gasteiger partial charge in [0.15, 0.2) is 16.9 Å². The number of fused-ring (bicyclic) bond motifs is 2. The second-order valence-corrected chi connectivity index (χ2v) is 9.67. The summed E-state index contributed by atoms with van der Waals surface area (Å²) < 4.78 is 5.93. The summed E-state index contributed by atoms with van der Waals surface area (Å²) in [5.41, 5.74) is 14.1. The number of carbonyl (C=O) groups excluding carboxylic acids is 1. The molecule has 2 atom stereocenters. The molecule has 1 aliphatic heterocycles. The van der Waals surface area contributed by atoms with Gasteiger partial charge in [0.05, 0.1) is 12.1 Å². The number of carboxylic acid groups (broad SMARTS) is 1. The first kappa shape index (κ1) is 26.4. The number of phenols is 1. The van der Waals surface area contributed by atoms with Gasteiger partial charge in [-0.2, -0.15) is 0 Å². The van der Waals surface area contributed by atoms with Crippen LogP contribution in [-0.2, 0) is 11.3 Å². The van der Waals surface area contributed by atoms with Gasteiger partial charge in [0.25, 0.3) is 0 Å². The second kappa shape index (κ2) is 10.9. The van der Waals surface area contributed by atoms with E-state index in [2.05, 4.69) is 15.6 Å². The molecule has 8 N–H and O–H groups in total. The molecular weight excluding hydrogens is 530 g/mol. The lowest BCUT2D eigenvalue weighted by atomic mass is 9.74. The van der Waals surface area contributed by atoms with Gasteiger partial charge in [-0.1, -0.05) is 30.3 Å². The molecule has 1 aliphatic carbocycles. The van der Waals surface area contributed by atoms with Crippen molar-refractivity contribution < 1.29 is 24.5 Å². The van der Waals surface area contributed by atoms with Crippen LogP contribution in [0.1, 0.15) is 33.0 Å². The largest absolute Gasteiger partial charge is 0.508 e. The number of nitrogens with one attached hydrogen (secondary N) is 2. The van der Waals surface area contributed by atoms with E-state index in [4.69, 9.17) is 28.4 Å². The fourth-order valence-electron chi connectivity index (χ4n) is 4.76. The molecule has 0 aromatic heterocycles. The summed E-state index contributed by atoms with van der Waals surface area (Å²) in [7, 11) is 0. The zero-order chi connectivity index (χ0) is 28.4. The van der Waals surface area contributed by atoms with Gasteiger partial charge in [0.1, 0.15) is 17.3 Å². The molecule has 0 radical (unpaired) electrons. The zero-order valence-electron chi connectivity index (χ0n) is 21.0. The minimum absolute atomic E-state index is 0.00310. The summed E-state index contributed by atoms with van der Waals surface area (Å²) in [6.45, 7) is 0.360. The predicted octanol–water partition coefficient (Wildman–Crippen LogP) is 3.84. The van der Waals surface area contributed by atoms with Gasteiger partial charge >= 0.3 is 5.97 Å². The van der Waals surface area contributed by atoms with Crippen molar-refractivity contribution in [3.05, 3.63) is 107 Å². The van der Waals surface area contributed by atoms with Crippen molar-refractivity contribution in [2.45, 2.75) is 12.5 Å². The molecule has 40 heavy (non-hydrogen) atoms. The van der Waals surface area contributed by atoms with Crippen LogP contribution in [0.15, 0.2) is 89.6 Å². The summed E-state index contributed by atoms with van der Waals surface area (Å²) in [6.07, 6.45) is 4.56. The van der Waals surface area contributed by atoms with Crippen LogP contribution in [0, 0.1) is 5.92 Å². The Labute approximate surface area is 234 Å². The number of thiocarbonyl (C=S) groups is 1. The van der Waals surface area contributed by atoms with Crippen molar-refractivity contribution in [1.82, 2.24) is 0 Å². The van der Waals surface area contributed by atoms with Gasteiger partial charge in [0, 0.05) is 40.9 Å². The molecule has 5 rings (SSSR count). The van der Waals surface area contributed by atoms with Gasteiger partial charge in [-0.3, -0.25) is 4.79 Å². The quantitative estimate of drug-likeness (QED) is 0.149. The highest BCUT2D eigenvalue weighted by Gasteiger charge is 2.38. The normalized spacial score (nSPS) is 17.0. The van der Waals surface area contributed by atoms with E-state index in [0.29, 0.717) is 34.9 Å². The minimum atomic E-state index is -1.12. The van der Waals surface area contributed by atoms with E-state index < -0.39 is 17.8 Å². The van der Waals surface area contributed by atoms with Crippen LogP contribution < -0.4 is 26.8 Å². The maximum Gasteiger partial charge on any atom is 0.336 e. The van der Waals surface area contributed by atoms with Gasteiger partial charge in [-0.05, 0) is 59.8 Å². The van der Waals surface area contributed by atoms with E-state index in [1.54, 1.807) is 24.3 Å². The van der Waals surface area contributed by atoms with E-state index >= 15 is 0 Å². The first-order valence-electron chi connectivity index (χ1n) is 12.2.